The SMILES string of the molecule is CCn1nccc1CCC(Cl)c1ccccc1. The number of hydrogen-bond acceptors (Lipinski definition) is 1. The maximum absolute atomic E-state index is 6.39. The molecule has 90 valence electrons. The van der Waals surface area contributed by atoms with E-state index in [0.717, 1.165) is 19.4 Å². The molecule has 0 aliphatic rings. The van der Waals surface area contributed by atoms with Gasteiger partial charge in [-0.1, -0.05) is 30.3 Å². The Morgan fingerprint density at radius 1 is 1.24 bits per heavy atom. The fraction of sp³-hybridized carbons (Fsp3) is 0.357. The number of alkyl halides is 1. The molecule has 1 aromatic heterocycles. The minimum atomic E-state index is 0.0800. The summed E-state index contributed by atoms with van der Waals surface area (Å²) >= 11 is 6.39. The van der Waals surface area contributed by atoms with Crippen LogP contribution in [0.25, 0.3) is 0 Å². The summed E-state index contributed by atoms with van der Waals surface area (Å²) in [6.45, 7) is 3.02. The molecule has 1 atom stereocenters. The Balaban J connectivity index is 1.95. The van der Waals surface area contributed by atoms with Crippen molar-refractivity contribution in [2.75, 3.05) is 0 Å². The van der Waals surface area contributed by atoms with Crippen LogP contribution >= 0.6 is 11.6 Å². The third-order valence-electron chi connectivity index (χ3n) is 2.92. The van der Waals surface area contributed by atoms with Gasteiger partial charge in [0.15, 0.2) is 0 Å². The summed E-state index contributed by atoms with van der Waals surface area (Å²) in [4.78, 5) is 0. The van der Waals surface area contributed by atoms with Crippen LogP contribution in [0.15, 0.2) is 42.6 Å². The smallest absolute Gasteiger partial charge is 0.0589 e. The maximum Gasteiger partial charge on any atom is 0.0589 e. The van der Waals surface area contributed by atoms with E-state index >= 15 is 0 Å². The molecule has 2 aromatic rings. The lowest BCUT2D eigenvalue weighted by Crippen LogP contribution is -2.03. The highest BCUT2D eigenvalue weighted by Crippen LogP contribution is 2.25. The average Bonchev–Trinajstić information content (AvgIpc) is 2.84. The van der Waals surface area contributed by atoms with Crippen molar-refractivity contribution in [2.45, 2.75) is 31.7 Å². The van der Waals surface area contributed by atoms with E-state index in [0.29, 0.717) is 0 Å². The minimum absolute atomic E-state index is 0.0800. The molecule has 0 aliphatic heterocycles. The standard InChI is InChI=1S/C14H17ClN2/c1-2-17-13(10-11-16-17)8-9-14(15)12-6-4-3-5-7-12/h3-7,10-11,14H,2,8-9H2,1H3. The van der Waals surface area contributed by atoms with E-state index in [4.69, 9.17) is 11.6 Å². The molecular formula is C14H17ClN2. The van der Waals surface area contributed by atoms with Gasteiger partial charge in [0.25, 0.3) is 0 Å². The highest BCUT2D eigenvalue weighted by molar-refractivity contribution is 6.20. The zero-order chi connectivity index (χ0) is 12.1. The van der Waals surface area contributed by atoms with Crippen molar-refractivity contribution in [3.05, 3.63) is 53.9 Å². The maximum atomic E-state index is 6.39. The summed E-state index contributed by atoms with van der Waals surface area (Å²) in [6.07, 6.45) is 3.76. The number of aromatic nitrogens is 2. The Morgan fingerprint density at radius 2 is 2.00 bits per heavy atom. The predicted molar refractivity (Wildman–Crippen MR) is 71.3 cm³/mol. The number of aryl methyl sites for hydroxylation is 2. The van der Waals surface area contributed by atoms with Gasteiger partial charge in [-0.15, -0.1) is 11.6 Å². The number of rotatable bonds is 5. The van der Waals surface area contributed by atoms with E-state index < -0.39 is 0 Å². The zero-order valence-corrected chi connectivity index (χ0v) is 10.8. The molecule has 3 heteroatoms. The van der Waals surface area contributed by atoms with Gasteiger partial charge < -0.3 is 0 Å². The van der Waals surface area contributed by atoms with E-state index in [2.05, 4.69) is 30.2 Å². The van der Waals surface area contributed by atoms with Crippen molar-refractivity contribution in [3.8, 4) is 0 Å². The summed E-state index contributed by atoms with van der Waals surface area (Å²) in [5.74, 6) is 0. The molecule has 1 aromatic carbocycles. The highest BCUT2D eigenvalue weighted by Gasteiger charge is 2.09. The van der Waals surface area contributed by atoms with Gasteiger partial charge in [0, 0.05) is 18.4 Å². The molecule has 0 saturated heterocycles. The van der Waals surface area contributed by atoms with Crippen molar-refractivity contribution >= 4 is 11.6 Å². The monoisotopic (exact) mass is 248 g/mol. The molecule has 0 amide bonds. The van der Waals surface area contributed by atoms with Crippen LogP contribution in [0.2, 0.25) is 0 Å². The van der Waals surface area contributed by atoms with Crippen molar-refractivity contribution < 1.29 is 0 Å². The van der Waals surface area contributed by atoms with E-state index in [9.17, 15) is 0 Å². The van der Waals surface area contributed by atoms with Crippen molar-refractivity contribution in [1.29, 1.82) is 0 Å². The van der Waals surface area contributed by atoms with E-state index in [1.54, 1.807) is 0 Å². The lowest BCUT2D eigenvalue weighted by atomic mass is 10.1. The number of hydrogen-bond donors (Lipinski definition) is 0. The Labute approximate surface area is 107 Å². The van der Waals surface area contributed by atoms with E-state index in [1.807, 2.05) is 29.1 Å². The van der Waals surface area contributed by atoms with Gasteiger partial charge in [-0.2, -0.15) is 5.10 Å². The van der Waals surface area contributed by atoms with Crippen molar-refractivity contribution in [2.24, 2.45) is 0 Å². The first-order chi connectivity index (χ1) is 8.31. The van der Waals surface area contributed by atoms with Gasteiger partial charge in [-0.05, 0) is 31.4 Å². The first-order valence-electron chi connectivity index (χ1n) is 6.01. The van der Waals surface area contributed by atoms with Crippen LogP contribution in [0.3, 0.4) is 0 Å². The molecule has 17 heavy (non-hydrogen) atoms. The minimum Gasteiger partial charge on any atom is -0.270 e. The summed E-state index contributed by atoms with van der Waals surface area (Å²) < 4.78 is 2.02. The van der Waals surface area contributed by atoms with E-state index in [-0.39, 0.29) is 5.38 Å². The third-order valence-corrected chi connectivity index (χ3v) is 3.39. The predicted octanol–water partition coefficient (Wildman–Crippen LogP) is 3.82. The molecule has 1 unspecified atom stereocenters. The second kappa shape index (κ2) is 5.87. The zero-order valence-electron chi connectivity index (χ0n) is 10.0. The molecule has 0 aliphatic carbocycles. The quantitative estimate of drug-likeness (QED) is 0.736. The molecule has 0 spiro atoms. The number of nitrogens with zero attached hydrogens (tertiary/aromatic N) is 2. The Kier molecular flexibility index (Phi) is 4.21. The summed E-state index contributed by atoms with van der Waals surface area (Å²) in [7, 11) is 0. The topological polar surface area (TPSA) is 17.8 Å². The van der Waals surface area contributed by atoms with Crippen molar-refractivity contribution in [3.63, 3.8) is 0 Å². The van der Waals surface area contributed by atoms with Gasteiger partial charge in [0.1, 0.15) is 0 Å². The van der Waals surface area contributed by atoms with E-state index in [1.165, 1.54) is 11.3 Å². The van der Waals surface area contributed by atoms with Gasteiger partial charge in [0.2, 0.25) is 0 Å². The first-order valence-corrected chi connectivity index (χ1v) is 6.44. The Morgan fingerprint density at radius 3 is 2.71 bits per heavy atom. The number of halogens is 1. The van der Waals surface area contributed by atoms with Crippen molar-refractivity contribution in [1.82, 2.24) is 9.78 Å². The lowest BCUT2D eigenvalue weighted by molar-refractivity contribution is 0.607. The molecule has 0 N–H and O–H groups in total. The van der Waals surface area contributed by atoms with Gasteiger partial charge in [-0.25, -0.2) is 0 Å². The number of benzene rings is 1. The van der Waals surface area contributed by atoms with Crippen LogP contribution < -0.4 is 0 Å². The largest absolute Gasteiger partial charge is 0.270 e. The molecule has 0 bridgehead atoms. The fourth-order valence-electron chi connectivity index (χ4n) is 1.96. The van der Waals surface area contributed by atoms with Crippen LogP contribution in [-0.2, 0) is 13.0 Å². The lowest BCUT2D eigenvalue weighted by Gasteiger charge is -2.10. The normalized spacial score (nSPS) is 12.6. The highest BCUT2D eigenvalue weighted by atomic mass is 35.5. The van der Waals surface area contributed by atoms with Crippen LogP contribution in [0.1, 0.15) is 30.0 Å². The van der Waals surface area contributed by atoms with Crippen LogP contribution in [0, 0.1) is 0 Å². The molecular weight excluding hydrogens is 232 g/mol. The van der Waals surface area contributed by atoms with Gasteiger partial charge in [-0.3, -0.25) is 4.68 Å². The second-order valence-corrected chi connectivity index (χ2v) is 4.58. The molecule has 0 saturated carbocycles. The second-order valence-electron chi connectivity index (χ2n) is 4.06. The summed E-state index contributed by atoms with van der Waals surface area (Å²) in [5, 5.41) is 4.34. The average molecular weight is 249 g/mol. The molecule has 2 nitrogen and oxygen atoms in total. The summed E-state index contributed by atoms with van der Waals surface area (Å²) in [6, 6.07) is 12.3. The van der Waals surface area contributed by atoms with Crippen LogP contribution in [0.4, 0.5) is 0 Å². The molecule has 0 radical (unpaired) electrons. The van der Waals surface area contributed by atoms with Crippen LogP contribution in [-0.4, -0.2) is 9.78 Å². The van der Waals surface area contributed by atoms with Gasteiger partial charge >= 0.3 is 0 Å². The molecule has 2 rings (SSSR count). The summed E-state index contributed by atoms with van der Waals surface area (Å²) in [5.41, 5.74) is 2.45. The Hall–Kier alpha value is -1.28. The third kappa shape index (κ3) is 3.10. The van der Waals surface area contributed by atoms with Crippen LogP contribution in [0.5, 0.6) is 0 Å². The molecule has 0 fully saturated rings. The molecule has 1 heterocycles. The fourth-order valence-corrected chi connectivity index (χ4v) is 2.21. The Bertz CT molecular complexity index is 450. The first kappa shape index (κ1) is 12.2. The van der Waals surface area contributed by atoms with Gasteiger partial charge in [0.05, 0.1) is 5.38 Å².